The highest BCUT2D eigenvalue weighted by Crippen LogP contribution is 2.10. The standard InChI is InChI=1S/C20H22N2O3/c23-18(17-9-5-2-6-10-17)13-21-20(24)19-15-22(11-12-25-19)14-16-7-3-1-4-8-16/h1-10,19H,11-15H2,(H,21,24). The Hall–Kier alpha value is -2.50. The van der Waals surface area contributed by atoms with Gasteiger partial charge in [0.1, 0.15) is 6.10 Å². The van der Waals surface area contributed by atoms with E-state index in [4.69, 9.17) is 4.74 Å². The third-order valence-corrected chi connectivity index (χ3v) is 4.21. The normalized spacial score (nSPS) is 17.8. The molecule has 25 heavy (non-hydrogen) atoms. The number of ketones is 1. The second-order valence-electron chi connectivity index (χ2n) is 6.09. The molecule has 0 aliphatic carbocycles. The van der Waals surface area contributed by atoms with Crippen molar-refractivity contribution in [3.8, 4) is 0 Å². The van der Waals surface area contributed by atoms with Gasteiger partial charge in [-0.25, -0.2) is 0 Å². The van der Waals surface area contributed by atoms with Crippen molar-refractivity contribution in [1.29, 1.82) is 0 Å². The van der Waals surface area contributed by atoms with Crippen LogP contribution in [0.3, 0.4) is 0 Å². The first-order valence-electron chi connectivity index (χ1n) is 8.46. The fraction of sp³-hybridized carbons (Fsp3) is 0.300. The Kier molecular flexibility index (Phi) is 5.93. The molecule has 1 aliphatic heterocycles. The highest BCUT2D eigenvalue weighted by atomic mass is 16.5. The van der Waals surface area contributed by atoms with Gasteiger partial charge in [-0.15, -0.1) is 0 Å². The lowest BCUT2D eigenvalue weighted by Gasteiger charge is -2.32. The van der Waals surface area contributed by atoms with Gasteiger partial charge < -0.3 is 10.1 Å². The van der Waals surface area contributed by atoms with Crippen LogP contribution in [0.5, 0.6) is 0 Å². The molecule has 130 valence electrons. The molecule has 0 radical (unpaired) electrons. The molecule has 1 fully saturated rings. The van der Waals surface area contributed by atoms with E-state index >= 15 is 0 Å². The van der Waals surface area contributed by atoms with E-state index < -0.39 is 6.10 Å². The van der Waals surface area contributed by atoms with E-state index in [1.54, 1.807) is 24.3 Å². The molecule has 1 amide bonds. The van der Waals surface area contributed by atoms with Crippen LogP contribution in [0.4, 0.5) is 0 Å². The zero-order valence-electron chi connectivity index (χ0n) is 14.1. The number of Topliss-reactive ketones (excluding diaryl/α,β-unsaturated/α-hetero) is 1. The molecular weight excluding hydrogens is 316 g/mol. The van der Waals surface area contributed by atoms with Crippen molar-refractivity contribution in [2.24, 2.45) is 0 Å². The van der Waals surface area contributed by atoms with Gasteiger partial charge in [-0.1, -0.05) is 60.7 Å². The molecule has 1 saturated heterocycles. The number of carbonyl (C=O) groups is 2. The number of nitrogens with one attached hydrogen (secondary N) is 1. The average Bonchev–Trinajstić information content (AvgIpc) is 2.67. The molecule has 1 N–H and O–H groups in total. The lowest BCUT2D eigenvalue weighted by molar-refractivity contribution is -0.138. The summed E-state index contributed by atoms with van der Waals surface area (Å²) in [5, 5.41) is 2.69. The van der Waals surface area contributed by atoms with Crippen LogP contribution in [0.25, 0.3) is 0 Å². The Balaban J connectivity index is 1.49. The summed E-state index contributed by atoms with van der Waals surface area (Å²) < 4.78 is 5.58. The molecule has 3 rings (SSSR count). The van der Waals surface area contributed by atoms with Crippen LogP contribution in [0.15, 0.2) is 60.7 Å². The summed E-state index contributed by atoms with van der Waals surface area (Å²) in [4.78, 5) is 26.6. The number of amides is 1. The van der Waals surface area contributed by atoms with Crippen molar-refractivity contribution >= 4 is 11.7 Å². The van der Waals surface area contributed by atoms with E-state index in [1.807, 2.05) is 24.3 Å². The quantitative estimate of drug-likeness (QED) is 0.817. The van der Waals surface area contributed by atoms with Crippen molar-refractivity contribution < 1.29 is 14.3 Å². The lowest BCUT2D eigenvalue weighted by Crippen LogP contribution is -2.50. The molecule has 1 unspecified atom stereocenters. The van der Waals surface area contributed by atoms with E-state index in [2.05, 4.69) is 22.3 Å². The molecular formula is C20H22N2O3. The maximum absolute atomic E-state index is 12.3. The topological polar surface area (TPSA) is 58.6 Å². The summed E-state index contributed by atoms with van der Waals surface area (Å²) in [6, 6.07) is 19.1. The summed E-state index contributed by atoms with van der Waals surface area (Å²) in [6.45, 7) is 2.61. The first-order chi connectivity index (χ1) is 12.2. The van der Waals surface area contributed by atoms with Gasteiger partial charge in [-0.2, -0.15) is 0 Å². The maximum Gasteiger partial charge on any atom is 0.250 e. The Morgan fingerprint density at radius 1 is 1.04 bits per heavy atom. The number of carbonyl (C=O) groups excluding carboxylic acids is 2. The molecule has 1 heterocycles. The second-order valence-corrected chi connectivity index (χ2v) is 6.09. The molecule has 1 atom stereocenters. The van der Waals surface area contributed by atoms with Gasteiger partial charge in [0.25, 0.3) is 5.91 Å². The number of ether oxygens (including phenoxy) is 1. The highest BCUT2D eigenvalue weighted by Gasteiger charge is 2.26. The second kappa shape index (κ2) is 8.55. The number of morpholine rings is 1. The maximum atomic E-state index is 12.3. The zero-order chi connectivity index (χ0) is 17.5. The van der Waals surface area contributed by atoms with Gasteiger partial charge in [-0.05, 0) is 5.56 Å². The van der Waals surface area contributed by atoms with Crippen LogP contribution in [0.1, 0.15) is 15.9 Å². The molecule has 0 saturated carbocycles. The molecule has 0 bridgehead atoms. The number of rotatable bonds is 6. The minimum atomic E-state index is -0.541. The molecule has 2 aromatic carbocycles. The van der Waals surface area contributed by atoms with Crippen LogP contribution in [0, 0.1) is 0 Å². The van der Waals surface area contributed by atoms with Crippen molar-refractivity contribution in [3.05, 3.63) is 71.8 Å². The fourth-order valence-electron chi connectivity index (χ4n) is 2.85. The first-order valence-corrected chi connectivity index (χ1v) is 8.46. The number of hydrogen-bond acceptors (Lipinski definition) is 4. The lowest BCUT2D eigenvalue weighted by atomic mass is 10.1. The average molecular weight is 338 g/mol. The largest absolute Gasteiger partial charge is 0.366 e. The van der Waals surface area contributed by atoms with Gasteiger partial charge in [-0.3, -0.25) is 14.5 Å². The van der Waals surface area contributed by atoms with Crippen molar-refractivity contribution in [1.82, 2.24) is 10.2 Å². The minimum absolute atomic E-state index is 0.0125. The Bertz CT molecular complexity index is 703. The van der Waals surface area contributed by atoms with Crippen LogP contribution < -0.4 is 5.32 Å². The number of nitrogens with zero attached hydrogens (tertiary/aromatic N) is 1. The van der Waals surface area contributed by atoms with E-state index in [-0.39, 0.29) is 18.2 Å². The predicted octanol–water partition coefficient (Wildman–Crippen LogP) is 1.89. The summed E-state index contributed by atoms with van der Waals surface area (Å²) in [6.07, 6.45) is -0.541. The van der Waals surface area contributed by atoms with E-state index in [0.29, 0.717) is 18.7 Å². The van der Waals surface area contributed by atoms with Crippen LogP contribution in [0.2, 0.25) is 0 Å². The molecule has 5 heteroatoms. The van der Waals surface area contributed by atoms with Crippen LogP contribution in [-0.2, 0) is 16.1 Å². The number of benzene rings is 2. The molecule has 0 aromatic heterocycles. The monoisotopic (exact) mass is 338 g/mol. The third kappa shape index (κ3) is 4.98. The zero-order valence-corrected chi connectivity index (χ0v) is 14.1. The van der Waals surface area contributed by atoms with E-state index in [9.17, 15) is 9.59 Å². The first kappa shape index (κ1) is 17.3. The fourth-order valence-corrected chi connectivity index (χ4v) is 2.85. The van der Waals surface area contributed by atoms with Crippen LogP contribution in [-0.4, -0.2) is 48.9 Å². The SMILES string of the molecule is O=C(CNC(=O)C1CN(Cc2ccccc2)CCO1)c1ccccc1. The summed E-state index contributed by atoms with van der Waals surface area (Å²) in [7, 11) is 0. The van der Waals surface area contributed by atoms with Crippen LogP contribution >= 0.6 is 0 Å². The molecule has 0 spiro atoms. The van der Waals surface area contributed by atoms with Gasteiger partial charge in [0.2, 0.25) is 0 Å². The van der Waals surface area contributed by atoms with Crippen molar-refractivity contribution in [2.45, 2.75) is 12.6 Å². The summed E-state index contributed by atoms with van der Waals surface area (Å²) >= 11 is 0. The number of hydrogen-bond donors (Lipinski definition) is 1. The summed E-state index contributed by atoms with van der Waals surface area (Å²) in [5.74, 6) is -0.340. The third-order valence-electron chi connectivity index (χ3n) is 4.21. The Labute approximate surface area is 147 Å². The van der Waals surface area contributed by atoms with E-state index in [0.717, 1.165) is 13.1 Å². The van der Waals surface area contributed by atoms with E-state index in [1.165, 1.54) is 5.56 Å². The van der Waals surface area contributed by atoms with Crippen molar-refractivity contribution in [2.75, 3.05) is 26.2 Å². The van der Waals surface area contributed by atoms with Gasteiger partial charge in [0, 0.05) is 25.2 Å². The smallest absolute Gasteiger partial charge is 0.250 e. The highest BCUT2D eigenvalue weighted by molar-refractivity contribution is 5.99. The predicted molar refractivity (Wildman–Crippen MR) is 95.2 cm³/mol. The Morgan fingerprint density at radius 3 is 2.44 bits per heavy atom. The van der Waals surface area contributed by atoms with Crippen molar-refractivity contribution in [3.63, 3.8) is 0 Å². The summed E-state index contributed by atoms with van der Waals surface area (Å²) in [5.41, 5.74) is 1.81. The molecule has 5 nitrogen and oxygen atoms in total. The minimum Gasteiger partial charge on any atom is -0.366 e. The van der Waals surface area contributed by atoms with Gasteiger partial charge in [0.05, 0.1) is 13.2 Å². The van der Waals surface area contributed by atoms with Gasteiger partial charge in [0.15, 0.2) is 5.78 Å². The van der Waals surface area contributed by atoms with Gasteiger partial charge >= 0.3 is 0 Å². The molecule has 1 aliphatic rings. The molecule has 2 aromatic rings. The Morgan fingerprint density at radius 2 is 1.72 bits per heavy atom.